The molecule has 0 saturated carbocycles. The molecule has 1 aliphatic rings. The highest BCUT2D eigenvalue weighted by atomic mass is 16.5. The van der Waals surface area contributed by atoms with Crippen LogP contribution in [0.25, 0.3) is 0 Å². The Hall–Kier alpha value is -1.85. The molecule has 0 aliphatic carbocycles. The lowest BCUT2D eigenvalue weighted by Crippen LogP contribution is -2.28. The van der Waals surface area contributed by atoms with E-state index in [9.17, 15) is 14.7 Å². The molecule has 0 saturated heterocycles. The maximum atomic E-state index is 11.9. The van der Waals surface area contributed by atoms with E-state index in [1.54, 1.807) is 4.57 Å². The van der Waals surface area contributed by atoms with Gasteiger partial charge in [0.2, 0.25) is 0 Å². The van der Waals surface area contributed by atoms with Gasteiger partial charge in [0.25, 0.3) is 0 Å². The van der Waals surface area contributed by atoms with Crippen molar-refractivity contribution in [2.24, 2.45) is 5.92 Å². The van der Waals surface area contributed by atoms with Crippen molar-refractivity contribution < 1.29 is 19.4 Å². The van der Waals surface area contributed by atoms with Crippen LogP contribution in [-0.2, 0) is 22.4 Å². The van der Waals surface area contributed by atoms with Crippen molar-refractivity contribution in [2.45, 2.75) is 45.6 Å². The fraction of sp³-hybridized carbons (Fsp3) is 0.643. The van der Waals surface area contributed by atoms with E-state index in [0.717, 1.165) is 6.42 Å². The summed E-state index contributed by atoms with van der Waals surface area (Å²) in [6.07, 6.45) is 2.72. The van der Waals surface area contributed by atoms with Gasteiger partial charge in [0, 0.05) is 6.42 Å². The average molecular weight is 280 g/mol. The quantitative estimate of drug-likeness (QED) is 0.851. The fourth-order valence-electron chi connectivity index (χ4n) is 2.76. The van der Waals surface area contributed by atoms with Crippen molar-refractivity contribution in [3.05, 3.63) is 17.2 Å². The number of carboxylic acids is 1. The van der Waals surface area contributed by atoms with Crippen LogP contribution in [0.2, 0.25) is 0 Å². The van der Waals surface area contributed by atoms with Gasteiger partial charge >= 0.3 is 11.9 Å². The topological polar surface area (TPSA) is 81.4 Å². The number of rotatable bonds is 4. The molecular weight excluding hydrogens is 260 g/mol. The maximum Gasteiger partial charge on any atom is 0.356 e. The molecule has 0 spiro atoms. The minimum atomic E-state index is -1.03. The number of imidazole rings is 1. The highest BCUT2D eigenvalue weighted by Crippen LogP contribution is 2.31. The number of carbonyl (C=O) groups is 2. The first-order valence-electron chi connectivity index (χ1n) is 6.86. The third-order valence-corrected chi connectivity index (χ3v) is 3.55. The molecule has 110 valence electrons. The summed E-state index contributed by atoms with van der Waals surface area (Å²) in [4.78, 5) is 27.5. The Kier molecular flexibility index (Phi) is 4.11. The maximum absolute atomic E-state index is 11.9. The van der Waals surface area contributed by atoms with Crippen LogP contribution in [0.5, 0.6) is 0 Å². The van der Waals surface area contributed by atoms with Crippen molar-refractivity contribution in [1.82, 2.24) is 9.55 Å². The summed E-state index contributed by atoms with van der Waals surface area (Å²) in [6, 6.07) is -0.446. The first-order chi connectivity index (χ1) is 9.45. The Morgan fingerprint density at radius 1 is 1.50 bits per heavy atom. The number of nitrogens with zero attached hydrogens (tertiary/aromatic N) is 2. The molecule has 0 fully saturated rings. The lowest BCUT2D eigenvalue weighted by molar-refractivity contribution is -0.145. The summed E-state index contributed by atoms with van der Waals surface area (Å²) >= 11 is 0. The second-order valence-electron chi connectivity index (χ2n) is 5.53. The van der Waals surface area contributed by atoms with Gasteiger partial charge in [-0.25, -0.2) is 14.6 Å². The molecule has 2 rings (SSSR count). The SMILES string of the molecule is COC(=O)C1CCCc2c(C(=O)O)nc(CC(C)C)n21. The third-order valence-electron chi connectivity index (χ3n) is 3.55. The minimum Gasteiger partial charge on any atom is -0.476 e. The van der Waals surface area contributed by atoms with Gasteiger partial charge in [-0.15, -0.1) is 0 Å². The van der Waals surface area contributed by atoms with Crippen molar-refractivity contribution in [1.29, 1.82) is 0 Å². The van der Waals surface area contributed by atoms with Crippen LogP contribution in [0.15, 0.2) is 0 Å². The molecule has 1 unspecified atom stereocenters. The Morgan fingerprint density at radius 3 is 2.75 bits per heavy atom. The summed E-state index contributed by atoms with van der Waals surface area (Å²) in [5.74, 6) is -0.356. The predicted octanol–water partition coefficient (Wildman–Crippen LogP) is 1.83. The number of hydrogen-bond donors (Lipinski definition) is 1. The van der Waals surface area contributed by atoms with E-state index in [1.807, 2.05) is 13.8 Å². The van der Waals surface area contributed by atoms with E-state index in [1.165, 1.54) is 7.11 Å². The van der Waals surface area contributed by atoms with E-state index in [2.05, 4.69) is 4.98 Å². The first-order valence-corrected chi connectivity index (χ1v) is 6.86. The number of esters is 1. The van der Waals surface area contributed by atoms with E-state index in [0.29, 0.717) is 36.7 Å². The minimum absolute atomic E-state index is 0.0780. The van der Waals surface area contributed by atoms with Gasteiger partial charge in [-0.2, -0.15) is 0 Å². The van der Waals surface area contributed by atoms with Crippen LogP contribution >= 0.6 is 0 Å². The molecule has 6 nitrogen and oxygen atoms in total. The number of aromatic nitrogens is 2. The number of carbonyl (C=O) groups excluding carboxylic acids is 1. The zero-order valence-corrected chi connectivity index (χ0v) is 12.0. The van der Waals surface area contributed by atoms with Gasteiger partial charge in [-0.05, 0) is 25.2 Å². The summed E-state index contributed by atoms with van der Waals surface area (Å²) < 4.78 is 6.63. The highest BCUT2D eigenvalue weighted by molar-refractivity contribution is 5.87. The van der Waals surface area contributed by atoms with Crippen LogP contribution < -0.4 is 0 Å². The summed E-state index contributed by atoms with van der Waals surface area (Å²) in [5, 5.41) is 9.28. The summed E-state index contributed by atoms with van der Waals surface area (Å²) in [6.45, 7) is 4.08. The Balaban J connectivity index is 2.53. The van der Waals surface area contributed by atoms with Crippen molar-refractivity contribution in [3.63, 3.8) is 0 Å². The normalized spacial score (nSPS) is 17.9. The highest BCUT2D eigenvalue weighted by Gasteiger charge is 2.33. The number of hydrogen-bond acceptors (Lipinski definition) is 4. The molecule has 0 radical (unpaired) electrons. The molecule has 1 atom stereocenters. The third kappa shape index (κ3) is 2.55. The largest absolute Gasteiger partial charge is 0.476 e. The fourth-order valence-corrected chi connectivity index (χ4v) is 2.76. The predicted molar refractivity (Wildman–Crippen MR) is 71.7 cm³/mol. The molecule has 0 amide bonds. The molecule has 6 heteroatoms. The van der Waals surface area contributed by atoms with E-state index in [-0.39, 0.29) is 11.7 Å². The molecule has 1 aromatic rings. The van der Waals surface area contributed by atoms with E-state index >= 15 is 0 Å². The van der Waals surface area contributed by atoms with Crippen LogP contribution in [0, 0.1) is 5.92 Å². The number of fused-ring (bicyclic) bond motifs is 1. The van der Waals surface area contributed by atoms with Gasteiger partial charge in [0.15, 0.2) is 5.69 Å². The molecule has 0 aromatic carbocycles. The standard InChI is InChI=1S/C14H20N2O4/c1-8(2)7-11-15-12(13(17)18)9-5-4-6-10(16(9)11)14(19)20-3/h8,10H,4-7H2,1-3H3,(H,17,18). The number of ether oxygens (including phenoxy) is 1. The number of aromatic carboxylic acids is 1. The molecule has 1 N–H and O–H groups in total. The molecule has 1 aromatic heterocycles. The lowest BCUT2D eigenvalue weighted by atomic mass is 10.0. The zero-order chi connectivity index (χ0) is 14.9. The van der Waals surface area contributed by atoms with Crippen LogP contribution in [0.3, 0.4) is 0 Å². The molecule has 2 heterocycles. The zero-order valence-electron chi connectivity index (χ0n) is 12.0. The average Bonchev–Trinajstić information content (AvgIpc) is 2.76. The van der Waals surface area contributed by atoms with Gasteiger partial charge in [-0.1, -0.05) is 13.8 Å². The van der Waals surface area contributed by atoms with Gasteiger partial charge in [-0.3, -0.25) is 0 Å². The van der Waals surface area contributed by atoms with Crippen molar-refractivity contribution >= 4 is 11.9 Å². The molecule has 1 aliphatic heterocycles. The van der Waals surface area contributed by atoms with Crippen molar-refractivity contribution in [2.75, 3.05) is 7.11 Å². The second-order valence-corrected chi connectivity index (χ2v) is 5.53. The van der Waals surface area contributed by atoms with Gasteiger partial charge in [0.1, 0.15) is 11.9 Å². The second kappa shape index (κ2) is 5.64. The van der Waals surface area contributed by atoms with Crippen LogP contribution in [0.1, 0.15) is 54.7 Å². The molecular formula is C14H20N2O4. The van der Waals surface area contributed by atoms with E-state index < -0.39 is 12.0 Å². The van der Waals surface area contributed by atoms with Crippen LogP contribution in [-0.4, -0.2) is 33.7 Å². The number of carboxylic acid groups (broad SMARTS) is 1. The first kappa shape index (κ1) is 14.6. The monoisotopic (exact) mass is 280 g/mol. The Bertz CT molecular complexity index is 534. The van der Waals surface area contributed by atoms with Gasteiger partial charge < -0.3 is 14.4 Å². The van der Waals surface area contributed by atoms with Crippen LogP contribution in [0.4, 0.5) is 0 Å². The molecule has 0 bridgehead atoms. The van der Waals surface area contributed by atoms with Gasteiger partial charge in [0.05, 0.1) is 12.8 Å². The molecule has 20 heavy (non-hydrogen) atoms. The Labute approximate surface area is 117 Å². The lowest BCUT2D eigenvalue weighted by Gasteiger charge is -2.25. The smallest absolute Gasteiger partial charge is 0.356 e. The number of methoxy groups -OCH3 is 1. The van der Waals surface area contributed by atoms with E-state index in [4.69, 9.17) is 4.74 Å². The summed E-state index contributed by atoms with van der Waals surface area (Å²) in [5.41, 5.74) is 0.726. The van der Waals surface area contributed by atoms with Crippen molar-refractivity contribution in [3.8, 4) is 0 Å². The Morgan fingerprint density at radius 2 is 2.20 bits per heavy atom. The summed E-state index contributed by atoms with van der Waals surface area (Å²) in [7, 11) is 1.35.